The van der Waals surface area contributed by atoms with E-state index in [1.165, 1.54) is 18.2 Å². The molecule has 0 saturated carbocycles. The summed E-state index contributed by atoms with van der Waals surface area (Å²) in [6, 6.07) is 8.33. The van der Waals surface area contributed by atoms with Gasteiger partial charge >= 0.3 is 18.0 Å². The molecule has 1 aromatic heterocycles. The lowest BCUT2D eigenvalue weighted by Crippen LogP contribution is -2.42. The second-order valence-corrected chi connectivity index (χ2v) is 7.45. The molecule has 180 valence electrons. The number of benzene rings is 2. The average Bonchev–Trinajstić information content (AvgIpc) is 3.47. The Bertz CT molecular complexity index is 1390. The van der Waals surface area contributed by atoms with Gasteiger partial charge in [-0.2, -0.15) is 36.7 Å². The van der Waals surface area contributed by atoms with E-state index in [1.54, 1.807) is 0 Å². The Labute approximate surface area is 191 Å². The van der Waals surface area contributed by atoms with E-state index in [1.807, 2.05) is 6.07 Å². The molecule has 3 aromatic rings. The van der Waals surface area contributed by atoms with Gasteiger partial charge in [-0.1, -0.05) is 23.4 Å². The van der Waals surface area contributed by atoms with Crippen molar-refractivity contribution in [2.45, 2.75) is 24.4 Å². The molecule has 8 nitrogen and oxygen atoms in total. The van der Waals surface area contributed by atoms with Crippen LogP contribution in [-0.4, -0.2) is 26.6 Å². The number of nitro groups is 1. The number of hydrogen-bond acceptors (Lipinski definition) is 6. The Morgan fingerprint density at radius 3 is 2.49 bits per heavy atom. The van der Waals surface area contributed by atoms with Gasteiger partial charge in [0.25, 0.3) is 5.60 Å². The highest BCUT2D eigenvalue weighted by Gasteiger charge is 2.62. The molecule has 0 spiro atoms. The zero-order chi connectivity index (χ0) is 25.6. The summed E-state index contributed by atoms with van der Waals surface area (Å²) < 4.78 is 82.7. The lowest BCUT2D eigenvalue weighted by molar-refractivity contribution is -0.384. The van der Waals surface area contributed by atoms with Crippen LogP contribution in [0.4, 0.5) is 32.0 Å². The molecule has 0 radical (unpaired) electrons. The van der Waals surface area contributed by atoms with Crippen molar-refractivity contribution in [3.63, 3.8) is 0 Å². The normalized spacial score (nSPS) is 18.0. The zero-order valence-electron chi connectivity index (χ0n) is 17.1. The fourth-order valence-electron chi connectivity index (χ4n) is 3.55. The van der Waals surface area contributed by atoms with Crippen molar-refractivity contribution in [1.29, 1.82) is 5.26 Å². The average molecular weight is 495 g/mol. The standard InChI is InChI=1S/C21H11F6N5O3/c22-20(23,24)15-3-1-2-14(7-15)19(21(25,26)27)8-17(30-35-19)12-4-5-18(13(6-12)9-28)31-11-16(10-29-31)32(33)34/h1-7,10-11H,8H2. The molecule has 0 bridgehead atoms. The molecule has 4 rings (SSSR count). The van der Waals surface area contributed by atoms with Crippen LogP contribution in [0.3, 0.4) is 0 Å². The second-order valence-electron chi connectivity index (χ2n) is 7.45. The molecule has 1 aliphatic rings. The van der Waals surface area contributed by atoms with Gasteiger partial charge in [-0.15, -0.1) is 0 Å². The second kappa shape index (κ2) is 8.12. The fourth-order valence-corrected chi connectivity index (χ4v) is 3.55. The summed E-state index contributed by atoms with van der Waals surface area (Å²) in [5.41, 5.74) is -5.75. The van der Waals surface area contributed by atoms with Crippen LogP contribution in [-0.2, 0) is 16.6 Å². The molecule has 1 unspecified atom stereocenters. The zero-order valence-corrected chi connectivity index (χ0v) is 17.1. The third-order valence-corrected chi connectivity index (χ3v) is 5.32. The van der Waals surface area contributed by atoms with Crippen LogP contribution in [0.5, 0.6) is 0 Å². The van der Waals surface area contributed by atoms with Crippen molar-refractivity contribution in [1.82, 2.24) is 9.78 Å². The van der Waals surface area contributed by atoms with Crippen molar-refractivity contribution < 1.29 is 36.1 Å². The monoisotopic (exact) mass is 495 g/mol. The van der Waals surface area contributed by atoms with Crippen molar-refractivity contribution in [3.05, 3.63) is 87.2 Å². The first-order chi connectivity index (χ1) is 16.4. The van der Waals surface area contributed by atoms with Gasteiger partial charge in [0.2, 0.25) is 0 Å². The van der Waals surface area contributed by atoms with Gasteiger partial charge in [-0.05, 0) is 24.3 Å². The molecule has 2 aromatic carbocycles. The largest absolute Gasteiger partial charge is 0.435 e. The van der Waals surface area contributed by atoms with E-state index in [0.717, 1.165) is 29.2 Å². The van der Waals surface area contributed by atoms with Crippen molar-refractivity contribution in [2.24, 2.45) is 5.16 Å². The van der Waals surface area contributed by atoms with Gasteiger partial charge in [0.15, 0.2) is 0 Å². The highest BCUT2D eigenvalue weighted by molar-refractivity contribution is 6.02. The summed E-state index contributed by atoms with van der Waals surface area (Å²) in [6.45, 7) is 0. The summed E-state index contributed by atoms with van der Waals surface area (Å²) in [7, 11) is 0. The third-order valence-electron chi connectivity index (χ3n) is 5.32. The van der Waals surface area contributed by atoms with Crippen LogP contribution in [0, 0.1) is 21.4 Å². The van der Waals surface area contributed by atoms with E-state index < -0.39 is 40.4 Å². The molecule has 2 heterocycles. The van der Waals surface area contributed by atoms with Crippen molar-refractivity contribution in [2.75, 3.05) is 0 Å². The molecule has 1 aliphatic heterocycles. The Balaban J connectivity index is 1.71. The van der Waals surface area contributed by atoms with E-state index in [2.05, 4.69) is 10.3 Å². The molecular formula is C21H11F6N5O3. The maximum Gasteiger partial charge on any atom is 0.435 e. The predicted octanol–water partition coefficient (Wildman–Crippen LogP) is 5.25. The van der Waals surface area contributed by atoms with E-state index >= 15 is 0 Å². The first kappa shape index (κ1) is 23.7. The Hall–Kier alpha value is -4.41. The molecule has 14 heteroatoms. The number of oxime groups is 1. The van der Waals surface area contributed by atoms with Gasteiger partial charge < -0.3 is 4.84 Å². The van der Waals surface area contributed by atoms with Crippen molar-refractivity contribution >= 4 is 11.4 Å². The molecule has 0 aliphatic carbocycles. The van der Waals surface area contributed by atoms with Crippen LogP contribution in [0.1, 0.15) is 28.7 Å². The lowest BCUT2D eigenvalue weighted by Gasteiger charge is -2.30. The van der Waals surface area contributed by atoms with Gasteiger partial charge in [0.05, 0.1) is 27.4 Å². The molecule has 0 amide bonds. The minimum atomic E-state index is -5.13. The quantitative estimate of drug-likeness (QED) is 0.279. The Morgan fingerprint density at radius 1 is 1.14 bits per heavy atom. The third kappa shape index (κ3) is 4.16. The van der Waals surface area contributed by atoms with Gasteiger partial charge in [0.1, 0.15) is 18.5 Å². The van der Waals surface area contributed by atoms with E-state index in [0.29, 0.717) is 12.1 Å². The van der Waals surface area contributed by atoms with Crippen LogP contribution in [0.2, 0.25) is 0 Å². The molecular weight excluding hydrogens is 484 g/mol. The molecule has 0 fully saturated rings. The number of hydrogen-bond donors (Lipinski definition) is 0. The SMILES string of the molecule is N#Cc1cc(C2=NOC(c3cccc(C(F)(F)F)c3)(C(F)(F)F)C2)ccc1-n1cc([N+](=O)[O-])cn1. The number of rotatable bonds is 4. The smallest absolute Gasteiger partial charge is 0.374 e. The van der Waals surface area contributed by atoms with Crippen LogP contribution < -0.4 is 0 Å². The summed E-state index contributed by atoms with van der Waals surface area (Å²) in [5, 5.41) is 27.7. The number of halogens is 6. The van der Waals surface area contributed by atoms with E-state index in [-0.39, 0.29) is 28.2 Å². The molecule has 35 heavy (non-hydrogen) atoms. The van der Waals surface area contributed by atoms with Crippen molar-refractivity contribution in [3.8, 4) is 11.8 Å². The Kier molecular flexibility index (Phi) is 5.50. The Morgan fingerprint density at radius 2 is 1.89 bits per heavy atom. The summed E-state index contributed by atoms with van der Waals surface area (Å²) in [6.07, 6.45) is -8.95. The number of nitriles is 1. The molecule has 1 atom stereocenters. The van der Waals surface area contributed by atoms with Crippen LogP contribution >= 0.6 is 0 Å². The van der Waals surface area contributed by atoms with Gasteiger partial charge in [0, 0.05) is 17.5 Å². The molecule has 0 N–H and O–H groups in total. The summed E-state index contributed by atoms with van der Waals surface area (Å²) in [4.78, 5) is 14.9. The first-order valence-electron chi connectivity index (χ1n) is 9.59. The number of aromatic nitrogens is 2. The number of alkyl halides is 6. The first-order valence-corrected chi connectivity index (χ1v) is 9.59. The van der Waals surface area contributed by atoms with Gasteiger partial charge in [-0.3, -0.25) is 10.1 Å². The number of nitrogens with zero attached hydrogens (tertiary/aromatic N) is 5. The summed E-state index contributed by atoms with van der Waals surface area (Å²) in [5.74, 6) is 0. The maximum absolute atomic E-state index is 14.1. The minimum absolute atomic E-state index is 0.0463. The molecule has 0 saturated heterocycles. The van der Waals surface area contributed by atoms with E-state index in [9.17, 15) is 41.7 Å². The highest BCUT2D eigenvalue weighted by atomic mass is 19.4. The highest BCUT2D eigenvalue weighted by Crippen LogP contribution is 2.49. The minimum Gasteiger partial charge on any atom is -0.374 e. The van der Waals surface area contributed by atoms with E-state index in [4.69, 9.17) is 4.84 Å². The van der Waals surface area contributed by atoms with Gasteiger partial charge in [-0.25, -0.2) is 4.68 Å². The lowest BCUT2D eigenvalue weighted by atomic mass is 9.85. The topological polar surface area (TPSA) is 106 Å². The van der Waals surface area contributed by atoms with Crippen LogP contribution in [0.15, 0.2) is 60.0 Å². The van der Waals surface area contributed by atoms with Crippen LogP contribution in [0.25, 0.3) is 5.69 Å². The fraction of sp³-hybridized carbons (Fsp3) is 0.190. The predicted molar refractivity (Wildman–Crippen MR) is 106 cm³/mol. The maximum atomic E-state index is 14.1. The summed E-state index contributed by atoms with van der Waals surface area (Å²) >= 11 is 0.